The van der Waals surface area contributed by atoms with Crippen LogP contribution < -0.4 is 5.32 Å². The van der Waals surface area contributed by atoms with Gasteiger partial charge in [-0.25, -0.2) is 0 Å². The van der Waals surface area contributed by atoms with Gasteiger partial charge in [-0.15, -0.1) is 11.3 Å². The Hall–Kier alpha value is -1.42. The van der Waals surface area contributed by atoms with Crippen LogP contribution in [-0.2, 0) is 4.79 Å². The normalized spacial score (nSPS) is 13.1. The molecule has 3 rings (SSSR count). The molecule has 0 bridgehead atoms. The van der Waals surface area contributed by atoms with E-state index in [-0.39, 0.29) is 5.91 Å². The first kappa shape index (κ1) is 18.4. The number of fused-ring (bicyclic) bond motifs is 1. The average molecular weight is 410 g/mol. The van der Waals surface area contributed by atoms with E-state index < -0.39 is 14.5 Å². The number of thiophene rings is 1. The van der Waals surface area contributed by atoms with Gasteiger partial charge in [-0.2, -0.15) is 0 Å². The van der Waals surface area contributed by atoms with Crippen LogP contribution in [0.4, 0.5) is 0 Å². The van der Waals surface area contributed by atoms with E-state index in [0.717, 1.165) is 21.2 Å². The fourth-order valence-corrected chi connectivity index (χ4v) is 4.70. The van der Waals surface area contributed by atoms with Crippen LogP contribution in [0.2, 0.25) is 10.0 Å². The number of halogens is 2. The highest BCUT2D eigenvalue weighted by molar-refractivity contribution is 7.33. The minimum Gasteiger partial charge on any atom is -0.376 e. The fraction of sp³-hybridized carbons (Fsp3) is 0.0556. The summed E-state index contributed by atoms with van der Waals surface area (Å²) in [6.45, 7) is 0. The van der Waals surface area contributed by atoms with Crippen LogP contribution in [0.3, 0.4) is 0 Å². The van der Waals surface area contributed by atoms with Crippen molar-refractivity contribution in [2.75, 3.05) is 0 Å². The van der Waals surface area contributed by atoms with Crippen LogP contribution in [0.1, 0.15) is 16.8 Å². The van der Waals surface area contributed by atoms with Crippen molar-refractivity contribution in [2.45, 2.75) is 5.66 Å². The number of nitrogens with one attached hydrogen (secondary N) is 1. The molecule has 3 nitrogen and oxygen atoms in total. The fourth-order valence-electron chi connectivity index (χ4n) is 2.47. The predicted molar refractivity (Wildman–Crippen MR) is 109 cm³/mol. The molecule has 3 aromatic rings. The van der Waals surface area contributed by atoms with Crippen molar-refractivity contribution in [2.24, 2.45) is 0 Å². The molecule has 0 aliphatic heterocycles. The zero-order chi connectivity index (χ0) is 17.8. The molecule has 2 aromatic carbocycles. The highest BCUT2D eigenvalue weighted by Crippen LogP contribution is 2.39. The molecular formula is C18H14Cl2NO2PS. The summed E-state index contributed by atoms with van der Waals surface area (Å²) in [7, 11) is -0.521. The second-order valence-electron chi connectivity index (χ2n) is 5.29. The van der Waals surface area contributed by atoms with Crippen molar-refractivity contribution in [1.29, 1.82) is 0 Å². The third-order valence-corrected chi connectivity index (χ3v) is 5.85. The van der Waals surface area contributed by atoms with E-state index in [0.29, 0.717) is 10.0 Å². The second kappa shape index (κ2) is 8.31. The lowest BCUT2D eigenvalue weighted by molar-refractivity contribution is -0.119. The van der Waals surface area contributed by atoms with Crippen LogP contribution in [0, 0.1) is 0 Å². The maximum Gasteiger partial charge on any atom is 0.237 e. The lowest BCUT2D eigenvalue weighted by Crippen LogP contribution is -2.22. The number of hydrogen-bond acceptors (Lipinski definition) is 3. The van der Waals surface area contributed by atoms with Gasteiger partial charge in [-0.1, -0.05) is 41.4 Å². The van der Waals surface area contributed by atoms with Gasteiger partial charge in [0.05, 0.1) is 0 Å². The second-order valence-corrected chi connectivity index (χ2v) is 7.91. The maximum atomic E-state index is 12.5. The van der Waals surface area contributed by atoms with Gasteiger partial charge < -0.3 is 10.2 Å². The molecule has 1 aromatic heterocycles. The quantitative estimate of drug-likeness (QED) is 0.537. The summed E-state index contributed by atoms with van der Waals surface area (Å²) < 4.78 is 1.10. The summed E-state index contributed by atoms with van der Waals surface area (Å²) in [4.78, 5) is 22.2. The van der Waals surface area contributed by atoms with Gasteiger partial charge in [0.1, 0.15) is 5.66 Å². The number of amides is 1. The molecule has 0 saturated heterocycles. The Balaban J connectivity index is 1.75. The van der Waals surface area contributed by atoms with Crippen molar-refractivity contribution in [1.82, 2.24) is 5.32 Å². The van der Waals surface area contributed by atoms with E-state index in [9.17, 15) is 9.69 Å². The third-order valence-electron chi connectivity index (χ3n) is 3.60. The van der Waals surface area contributed by atoms with Crippen molar-refractivity contribution >= 4 is 65.4 Å². The standard InChI is InChI=1S/C18H14Cl2NO2PS/c19-12-7-11(8-13(20)9-12)5-6-21-18(22)17(24-23)15-10-25-16-4-2-1-3-14(15)16/h1-10,17,23-24H,(H,21,22)/b6-5+. The molecule has 0 fully saturated rings. The lowest BCUT2D eigenvalue weighted by atomic mass is 10.1. The molecule has 2 N–H and O–H groups in total. The number of carbonyl (C=O) groups excluding carboxylic acids is 1. The van der Waals surface area contributed by atoms with Gasteiger partial charge in [-0.3, -0.25) is 4.79 Å². The van der Waals surface area contributed by atoms with Crippen molar-refractivity contribution < 1.29 is 9.69 Å². The molecule has 7 heteroatoms. The summed E-state index contributed by atoms with van der Waals surface area (Å²) in [5.41, 5.74) is 1.03. The molecule has 0 aliphatic rings. The van der Waals surface area contributed by atoms with Crippen LogP contribution in [0.15, 0.2) is 54.0 Å². The first-order chi connectivity index (χ1) is 12.1. The first-order valence-electron chi connectivity index (χ1n) is 7.37. The monoisotopic (exact) mass is 409 g/mol. The highest BCUT2D eigenvalue weighted by Gasteiger charge is 2.22. The lowest BCUT2D eigenvalue weighted by Gasteiger charge is -2.12. The molecule has 2 atom stereocenters. The van der Waals surface area contributed by atoms with Gasteiger partial charge in [0.15, 0.2) is 0 Å². The van der Waals surface area contributed by atoms with E-state index in [4.69, 9.17) is 23.2 Å². The minimum absolute atomic E-state index is 0.256. The summed E-state index contributed by atoms with van der Waals surface area (Å²) in [5.74, 6) is -0.256. The molecule has 128 valence electrons. The Bertz CT molecular complexity index is 921. The summed E-state index contributed by atoms with van der Waals surface area (Å²) in [5, 5.41) is 6.70. The van der Waals surface area contributed by atoms with E-state index in [2.05, 4.69) is 5.32 Å². The summed E-state index contributed by atoms with van der Waals surface area (Å²) >= 11 is 13.5. The van der Waals surface area contributed by atoms with Gasteiger partial charge in [-0.05, 0) is 52.2 Å². The predicted octanol–water partition coefficient (Wildman–Crippen LogP) is 5.62. The Morgan fingerprint density at radius 1 is 1.20 bits per heavy atom. The number of rotatable bonds is 5. The van der Waals surface area contributed by atoms with Crippen LogP contribution in [0.5, 0.6) is 0 Å². The number of hydrogen-bond donors (Lipinski definition) is 2. The summed E-state index contributed by atoms with van der Waals surface area (Å²) in [6, 6.07) is 13.0. The van der Waals surface area contributed by atoms with Crippen LogP contribution in [-0.4, -0.2) is 10.8 Å². The first-order valence-corrected chi connectivity index (χ1v) is 10.0. The SMILES string of the molecule is O=C(N/C=C/c1cc(Cl)cc(Cl)c1)C(PO)c1csc2ccccc12. The molecule has 1 amide bonds. The van der Waals surface area contributed by atoms with Gasteiger partial charge in [0.2, 0.25) is 5.91 Å². The topological polar surface area (TPSA) is 49.3 Å². The molecule has 0 saturated carbocycles. The number of carbonyl (C=O) groups is 1. The smallest absolute Gasteiger partial charge is 0.237 e. The third kappa shape index (κ3) is 4.41. The Labute approximate surface area is 161 Å². The zero-order valence-corrected chi connectivity index (χ0v) is 16.2. The summed E-state index contributed by atoms with van der Waals surface area (Å²) in [6.07, 6.45) is 3.24. The molecule has 25 heavy (non-hydrogen) atoms. The van der Waals surface area contributed by atoms with Crippen molar-refractivity contribution in [3.63, 3.8) is 0 Å². The van der Waals surface area contributed by atoms with E-state index in [1.54, 1.807) is 35.6 Å². The van der Waals surface area contributed by atoms with Crippen molar-refractivity contribution in [3.05, 3.63) is 75.2 Å². The van der Waals surface area contributed by atoms with Crippen LogP contribution in [0.25, 0.3) is 16.2 Å². The largest absolute Gasteiger partial charge is 0.376 e. The zero-order valence-electron chi connectivity index (χ0n) is 12.9. The Morgan fingerprint density at radius 3 is 2.64 bits per heavy atom. The Kier molecular flexibility index (Phi) is 6.10. The molecule has 0 radical (unpaired) electrons. The molecule has 1 heterocycles. The molecule has 2 unspecified atom stereocenters. The molecular weight excluding hydrogens is 396 g/mol. The van der Waals surface area contributed by atoms with Gasteiger partial charge in [0.25, 0.3) is 0 Å². The molecule has 0 aliphatic carbocycles. The van der Waals surface area contributed by atoms with E-state index >= 15 is 0 Å². The van der Waals surface area contributed by atoms with Crippen LogP contribution >= 0.6 is 43.3 Å². The Morgan fingerprint density at radius 2 is 1.92 bits per heavy atom. The van der Waals surface area contributed by atoms with E-state index in [1.165, 1.54) is 6.20 Å². The highest BCUT2D eigenvalue weighted by atomic mass is 35.5. The average Bonchev–Trinajstić information content (AvgIpc) is 2.99. The van der Waals surface area contributed by atoms with Gasteiger partial charge in [0, 0.05) is 29.8 Å². The minimum atomic E-state index is -0.594. The molecule has 0 spiro atoms. The van der Waals surface area contributed by atoms with Gasteiger partial charge >= 0.3 is 0 Å². The van der Waals surface area contributed by atoms with Crippen molar-refractivity contribution in [3.8, 4) is 0 Å². The number of benzene rings is 2. The maximum absolute atomic E-state index is 12.5. The van der Waals surface area contributed by atoms with E-state index in [1.807, 2.05) is 29.6 Å².